The first kappa shape index (κ1) is 11.5. The Morgan fingerprint density at radius 3 is 2.93 bits per heavy atom. The fraction of sp³-hybridized carbons (Fsp3) is 0.364. The first-order chi connectivity index (χ1) is 7.17. The van der Waals surface area contributed by atoms with Gasteiger partial charge in [-0.25, -0.2) is 5.84 Å². The highest BCUT2D eigenvalue weighted by Gasteiger charge is 2.12. The molecule has 0 aromatic heterocycles. The number of rotatable bonds is 4. The van der Waals surface area contributed by atoms with E-state index in [1.807, 2.05) is 29.7 Å². The molecule has 0 bridgehead atoms. The standard InChI is InChI=1S/C11H16N2O2/c1-3-9-5-4-6-10(7-9)15-8(2)11(14)13-12/h4-8H,3,12H2,1-2H3,(H,13,14). The molecule has 3 N–H and O–H groups in total. The molecule has 0 aliphatic carbocycles. The summed E-state index contributed by atoms with van der Waals surface area (Å²) in [6.45, 7) is 3.72. The Morgan fingerprint density at radius 2 is 2.33 bits per heavy atom. The summed E-state index contributed by atoms with van der Waals surface area (Å²) in [5.74, 6) is 5.35. The van der Waals surface area contributed by atoms with E-state index in [1.165, 1.54) is 5.56 Å². The van der Waals surface area contributed by atoms with Crippen LogP contribution in [0.5, 0.6) is 5.75 Å². The highest BCUT2D eigenvalue weighted by Crippen LogP contribution is 2.15. The van der Waals surface area contributed by atoms with E-state index >= 15 is 0 Å². The van der Waals surface area contributed by atoms with E-state index in [-0.39, 0.29) is 5.91 Å². The van der Waals surface area contributed by atoms with Gasteiger partial charge in [0, 0.05) is 0 Å². The summed E-state index contributed by atoms with van der Waals surface area (Å²) in [5, 5.41) is 0. The van der Waals surface area contributed by atoms with Gasteiger partial charge in [0.15, 0.2) is 6.10 Å². The number of ether oxygens (including phenoxy) is 1. The molecule has 1 aromatic rings. The molecule has 0 aliphatic heterocycles. The van der Waals surface area contributed by atoms with Crippen molar-refractivity contribution in [1.29, 1.82) is 0 Å². The fourth-order valence-electron chi connectivity index (χ4n) is 1.21. The van der Waals surface area contributed by atoms with Crippen LogP contribution in [0.25, 0.3) is 0 Å². The Kier molecular flexibility index (Phi) is 4.12. The molecule has 0 saturated heterocycles. The van der Waals surface area contributed by atoms with E-state index in [9.17, 15) is 4.79 Å². The zero-order valence-corrected chi connectivity index (χ0v) is 8.99. The molecule has 0 saturated carbocycles. The van der Waals surface area contributed by atoms with Crippen molar-refractivity contribution in [1.82, 2.24) is 5.43 Å². The van der Waals surface area contributed by atoms with Crippen molar-refractivity contribution in [3.8, 4) is 5.75 Å². The van der Waals surface area contributed by atoms with Gasteiger partial charge in [-0.3, -0.25) is 10.2 Å². The third-order valence-electron chi connectivity index (χ3n) is 2.13. The third kappa shape index (κ3) is 3.25. The van der Waals surface area contributed by atoms with Crippen LogP contribution in [0.3, 0.4) is 0 Å². The molecule has 1 atom stereocenters. The summed E-state index contributed by atoms with van der Waals surface area (Å²) in [4.78, 5) is 11.1. The van der Waals surface area contributed by atoms with Crippen LogP contribution in [-0.2, 0) is 11.2 Å². The molecule has 4 heteroatoms. The van der Waals surface area contributed by atoms with E-state index in [0.29, 0.717) is 5.75 Å². The van der Waals surface area contributed by atoms with Crippen LogP contribution in [0.1, 0.15) is 19.4 Å². The van der Waals surface area contributed by atoms with Gasteiger partial charge >= 0.3 is 0 Å². The number of benzene rings is 1. The van der Waals surface area contributed by atoms with E-state index < -0.39 is 6.10 Å². The Morgan fingerprint density at radius 1 is 1.60 bits per heavy atom. The number of aryl methyl sites for hydroxylation is 1. The number of carbonyl (C=O) groups excluding carboxylic acids is 1. The minimum absolute atomic E-state index is 0.336. The molecule has 0 heterocycles. The van der Waals surface area contributed by atoms with Crippen molar-refractivity contribution in [3.63, 3.8) is 0 Å². The van der Waals surface area contributed by atoms with E-state index in [0.717, 1.165) is 6.42 Å². The molecule has 1 rings (SSSR count). The second-order valence-electron chi connectivity index (χ2n) is 3.27. The highest BCUT2D eigenvalue weighted by atomic mass is 16.5. The van der Waals surface area contributed by atoms with Crippen molar-refractivity contribution >= 4 is 5.91 Å². The molecular formula is C11H16N2O2. The Hall–Kier alpha value is -1.55. The van der Waals surface area contributed by atoms with Gasteiger partial charge < -0.3 is 4.74 Å². The second-order valence-corrected chi connectivity index (χ2v) is 3.27. The summed E-state index contributed by atoms with van der Waals surface area (Å²) >= 11 is 0. The molecule has 0 radical (unpaired) electrons. The Balaban J connectivity index is 2.67. The quantitative estimate of drug-likeness (QED) is 0.441. The molecule has 82 valence electrons. The van der Waals surface area contributed by atoms with Gasteiger partial charge in [0.25, 0.3) is 5.91 Å². The van der Waals surface area contributed by atoms with Gasteiger partial charge in [0.05, 0.1) is 0 Å². The second kappa shape index (κ2) is 5.36. The smallest absolute Gasteiger partial charge is 0.274 e. The SMILES string of the molecule is CCc1cccc(OC(C)C(=O)NN)c1. The van der Waals surface area contributed by atoms with Crippen LogP contribution < -0.4 is 16.0 Å². The summed E-state index contributed by atoms with van der Waals surface area (Å²) in [6.07, 6.45) is 0.358. The number of hydrogen-bond acceptors (Lipinski definition) is 3. The number of amides is 1. The van der Waals surface area contributed by atoms with E-state index in [2.05, 4.69) is 6.92 Å². The topological polar surface area (TPSA) is 64.3 Å². The van der Waals surface area contributed by atoms with Crippen LogP contribution in [0.2, 0.25) is 0 Å². The van der Waals surface area contributed by atoms with Crippen molar-refractivity contribution in [3.05, 3.63) is 29.8 Å². The van der Waals surface area contributed by atoms with Gasteiger partial charge in [-0.1, -0.05) is 19.1 Å². The zero-order valence-electron chi connectivity index (χ0n) is 8.99. The van der Waals surface area contributed by atoms with Gasteiger partial charge in [-0.05, 0) is 31.0 Å². The maximum Gasteiger partial charge on any atom is 0.274 e. The lowest BCUT2D eigenvalue weighted by atomic mass is 10.2. The Labute approximate surface area is 89.4 Å². The highest BCUT2D eigenvalue weighted by molar-refractivity contribution is 5.80. The van der Waals surface area contributed by atoms with Crippen LogP contribution in [0, 0.1) is 0 Å². The number of hydrogen-bond donors (Lipinski definition) is 2. The third-order valence-corrected chi connectivity index (χ3v) is 2.13. The van der Waals surface area contributed by atoms with Gasteiger partial charge in [-0.15, -0.1) is 0 Å². The summed E-state index contributed by atoms with van der Waals surface area (Å²) in [5.41, 5.74) is 3.22. The van der Waals surface area contributed by atoms with Gasteiger partial charge in [0.2, 0.25) is 0 Å². The molecule has 0 spiro atoms. The Bertz CT molecular complexity index is 339. The summed E-state index contributed by atoms with van der Waals surface area (Å²) in [7, 11) is 0. The first-order valence-electron chi connectivity index (χ1n) is 4.93. The lowest BCUT2D eigenvalue weighted by Crippen LogP contribution is -2.40. The van der Waals surface area contributed by atoms with Crippen molar-refractivity contribution < 1.29 is 9.53 Å². The van der Waals surface area contributed by atoms with Crippen LogP contribution in [-0.4, -0.2) is 12.0 Å². The van der Waals surface area contributed by atoms with E-state index in [4.69, 9.17) is 10.6 Å². The minimum Gasteiger partial charge on any atom is -0.481 e. The molecule has 15 heavy (non-hydrogen) atoms. The maximum absolute atomic E-state index is 11.1. The number of carbonyl (C=O) groups is 1. The van der Waals surface area contributed by atoms with Crippen LogP contribution in [0.15, 0.2) is 24.3 Å². The van der Waals surface area contributed by atoms with Crippen molar-refractivity contribution in [2.45, 2.75) is 26.4 Å². The largest absolute Gasteiger partial charge is 0.481 e. The van der Waals surface area contributed by atoms with E-state index in [1.54, 1.807) is 6.92 Å². The van der Waals surface area contributed by atoms with Crippen LogP contribution in [0.4, 0.5) is 0 Å². The molecule has 1 unspecified atom stereocenters. The first-order valence-corrected chi connectivity index (χ1v) is 4.93. The summed E-state index contributed by atoms with van der Waals surface area (Å²) in [6, 6.07) is 7.65. The minimum atomic E-state index is -0.581. The maximum atomic E-state index is 11.1. The predicted molar refractivity (Wildman–Crippen MR) is 58.2 cm³/mol. The van der Waals surface area contributed by atoms with Crippen LogP contribution >= 0.6 is 0 Å². The fourth-order valence-corrected chi connectivity index (χ4v) is 1.21. The van der Waals surface area contributed by atoms with Gasteiger partial charge in [-0.2, -0.15) is 0 Å². The molecular weight excluding hydrogens is 192 g/mol. The molecule has 1 aromatic carbocycles. The average Bonchev–Trinajstić information content (AvgIpc) is 2.28. The van der Waals surface area contributed by atoms with Crippen molar-refractivity contribution in [2.24, 2.45) is 5.84 Å². The molecule has 0 aliphatic rings. The summed E-state index contributed by atoms with van der Waals surface area (Å²) < 4.78 is 5.42. The molecule has 4 nitrogen and oxygen atoms in total. The number of nitrogens with two attached hydrogens (primary N) is 1. The number of hydrazine groups is 1. The molecule has 0 fully saturated rings. The number of nitrogens with one attached hydrogen (secondary N) is 1. The monoisotopic (exact) mass is 208 g/mol. The van der Waals surface area contributed by atoms with Crippen molar-refractivity contribution in [2.75, 3.05) is 0 Å². The lowest BCUT2D eigenvalue weighted by molar-refractivity contribution is -0.127. The lowest BCUT2D eigenvalue weighted by Gasteiger charge is -2.13. The normalized spacial score (nSPS) is 11.9. The average molecular weight is 208 g/mol. The zero-order chi connectivity index (χ0) is 11.3. The van der Waals surface area contributed by atoms with Gasteiger partial charge in [0.1, 0.15) is 5.75 Å². The molecule has 1 amide bonds. The predicted octanol–water partition coefficient (Wildman–Crippen LogP) is 1.01.